The molecule has 0 aliphatic heterocycles. The molecule has 2 aromatic heterocycles. The van der Waals surface area contributed by atoms with Crippen LogP contribution in [-0.2, 0) is 11.6 Å². The second-order valence-corrected chi connectivity index (χ2v) is 7.20. The Morgan fingerprint density at radius 2 is 2.04 bits per heavy atom. The summed E-state index contributed by atoms with van der Waals surface area (Å²) in [5, 5.41) is 7.58. The molecule has 0 spiro atoms. The van der Waals surface area contributed by atoms with Gasteiger partial charge in [0.15, 0.2) is 0 Å². The molecular weight excluding hydrogens is 372 g/mol. The molecule has 3 aromatic rings. The number of hydrogen-bond donors (Lipinski definition) is 1. The fraction of sp³-hybridized carbons (Fsp3) is 0.312. The number of benzene rings is 1. The van der Waals surface area contributed by atoms with Crippen molar-refractivity contribution in [3.8, 4) is 0 Å². The molecule has 4 rings (SSSR count). The Labute approximate surface area is 148 Å². The van der Waals surface area contributed by atoms with Gasteiger partial charge in [0.25, 0.3) is 5.56 Å². The van der Waals surface area contributed by atoms with Gasteiger partial charge in [0.2, 0.25) is 10.1 Å². The zero-order valence-corrected chi connectivity index (χ0v) is 14.0. The lowest BCUT2D eigenvalue weighted by molar-refractivity contribution is -0.137. The van der Waals surface area contributed by atoms with E-state index in [2.05, 4.69) is 15.4 Å². The van der Waals surface area contributed by atoms with Crippen molar-refractivity contribution in [3.63, 3.8) is 0 Å². The Morgan fingerprint density at radius 3 is 2.69 bits per heavy atom. The van der Waals surface area contributed by atoms with Gasteiger partial charge in [-0.25, -0.2) is 9.37 Å². The Bertz CT molecular complexity index is 1040. The molecule has 0 amide bonds. The van der Waals surface area contributed by atoms with Crippen molar-refractivity contribution >= 4 is 21.4 Å². The van der Waals surface area contributed by atoms with E-state index in [-0.39, 0.29) is 5.56 Å². The molecule has 1 fully saturated rings. The van der Waals surface area contributed by atoms with Crippen molar-refractivity contribution in [2.45, 2.75) is 24.4 Å². The molecule has 5 nitrogen and oxygen atoms in total. The van der Waals surface area contributed by atoms with Crippen molar-refractivity contribution in [2.24, 2.45) is 0 Å². The molecule has 26 heavy (non-hydrogen) atoms. The maximum atomic E-state index is 13.7. The van der Waals surface area contributed by atoms with Crippen molar-refractivity contribution < 1.29 is 17.6 Å². The van der Waals surface area contributed by atoms with Crippen LogP contribution in [0, 0.1) is 5.82 Å². The number of halogens is 4. The first kappa shape index (κ1) is 17.0. The Hall–Kier alpha value is -2.49. The van der Waals surface area contributed by atoms with E-state index in [0.717, 1.165) is 28.0 Å². The highest BCUT2D eigenvalue weighted by Gasteiger charge is 2.45. The fourth-order valence-corrected chi connectivity index (χ4v) is 3.61. The second kappa shape index (κ2) is 5.76. The van der Waals surface area contributed by atoms with E-state index >= 15 is 0 Å². The highest BCUT2D eigenvalue weighted by molar-refractivity contribution is 7.20. The molecule has 1 aliphatic carbocycles. The molecule has 0 atom stereocenters. The molecule has 1 aliphatic rings. The molecule has 1 N–H and O–H groups in total. The van der Waals surface area contributed by atoms with Crippen LogP contribution in [0.1, 0.15) is 24.0 Å². The van der Waals surface area contributed by atoms with Gasteiger partial charge in [-0.2, -0.15) is 17.7 Å². The number of fused-ring (bicyclic) bond motifs is 1. The maximum Gasteiger partial charge on any atom is 0.416 e. The van der Waals surface area contributed by atoms with E-state index in [1.807, 2.05) is 0 Å². The van der Waals surface area contributed by atoms with E-state index in [1.165, 1.54) is 12.3 Å². The van der Waals surface area contributed by atoms with Gasteiger partial charge in [-0.1, -0.05) is 11.3 Å². The van der Waals surface area contributed by atoms with Crippen LogP contribution in [0.5, 0.6) is 0 Å². The first-order chi connectivity index (χ1) is 12.3. The van der Waals surface area contributed by atoms with Crippen LogP contribution in [0.3, 0.4) is 0 Å². The van der Waals surface area contributed by atoms with Crippen LogP contribution in [0.4, 0.5) is 22.7 Å². The third-order valence-electron chi connectivity index (χ3n) is 4.44. The fourth-order valence-electron chi connectivity index (χ4n) is 2.84. The SMILES string of the molecule is O=c1ccnc2sc(NCC3(c4cc(F)cc(C(F)(F)F)c4)CC3)nn12. The van der Waals surface area contributed by atoms with Crippen LogP contribution in [0.2, 0.25) is 0 Å². The predicted molar refractivity (Wildman–Crippen MR) is 87.9 cm³/mol. The summed E-state index contributed by atoms with van der Waals surface area (Å²) in [6, 6.07) is 3.93. The molecule has 0 bridgehead atoms. The zero-order chi connectivity index (χ0) is 18.5. The summed E-state index contributed by atoms with van der Waals surface area (Å²) in [7, 11) is 0. The quantitative estimate of drug-likeness (QED) is 0.700. The molecule has 1 saturated carbocycles. The minimum absolute atomic E-state index is 0.294. The number of rotatable bonds is 4. The Kier molecular flexibility index (Phi) is 3.76. The first-order valence-electron chi connectivity index (χ1n) is 7.74. The number of alkyl halides is 3. The number of nitrogens with zero attached hydrogens (tertiary/aromatic N) is 3. The summed E-state index contributed by atoms with van der Waals surface area (Å²) >= 11 is 1.16. The number of nitrogens with one attached hydrogen (secondary N) is 1. The molecule has 0 saturated heterocycles. The molecule has 136 valence electrons. The minimum Gasteiger partial charge on any atom is -0.359 e. The zero-order valence-electron chi connectivity index (χ0n) is 13.2. The average molecular weight is 384 g/mol. The van der Waals surface area contributed by atoms with E-state index in [9.17, 15) is 22.4 Å². The summed E-state index contributed by atoms with van der Waals surface area (Å²) in [6.45, 7) is 0.294. The van der Waals surface area contributed by atoms with Crippen molar-refractivity contribution in [3.05, 3.63) is 57.8 Å². The van der Waals surface area contributed by atoms with Gasteiger partial charge in [0.05, 0.1) is 5.56 Å². The van der Waals surface area contributed by atoms with Gasteiger partial charge in [0.1, 0.15) is 5.82 Å². The van der Waals surface area contributed by atoms with Gasteiger partial charge >= 0.3 is 6.18 Å². The summed E-state index contributed by atoms with van der Waals surface area (Å²) in [5.74, 6) is -0.906. The van der Waals surface area contributed by atoms with Crippen LogP contribution in [0.25, 0.3) is 4.96 Å². The monoisotopic (exact) mass is 384 g/mol. The van der Waals surface area contributed by atoms with Gasteiger partial charge in [0, 0.05) is 24.2 Å². The minimum atomic E-state index is -4.60. The van der Waals surface area contributed by atoms with Gasteiger partial charge in [-0.3, -0.25) is 4.79 Å². The lowest BCUT2D eigenvalue weighted by atomic mass is 9.94. The van der Waals surface area contributed by atoms with Crippen LogP contribution in [0.15, 0.2) is 35.3 Å². The highest BCUT2D eigenvalue weighted by atomic mass is 32.1. The third kappa shape index (κ3) is 3.05. The second-order valence-electron chi connectivity index (χ2n) is 6.24. The normalized spacial score (nSPS) is 16.0. The first-order valence-corrected chi connectivity index (χ1v) is 8.56. The topological polar surface area (TPSA) is 59.3 Å². The lowest BCUT2D eigenvalue weighted by Crippen LogP contribution is -2.21. The number of anilines is 1. The molecule has 10 heteroatoms. The van der Waals surface area contributed by atoms with Gasteiger partial charge in [-0.15, -0.1) is 5.10 Å². The lowest BCUT2D eigenvalue weighted by Gasteiger charge is -2.18. The van der Waals surface area contributed by atoms with Crippen molar-refractivity contribution in [2.75, 3.05) is 11.9 Å². The largest absolute Gasteiger partial charge is 0.416 e. The predicted octanol–water partition coefficient (Wildman–Crippen LogP) is 3.45. The Balaban J connectivity index is 1.59. The van der Waals surface area contributed by atoms with Crippen LogP contribution >= 0.6 is 11.3 Å². The molecule has 0 radical (unpaired) electrons. The standard InChI is InChI=1S/C16H12F4N4OS/c17-11-6-9(5-10(7-11)16(18,19)20)15(2-3-15)8-22-13-23-24-12(25)1-4-21-14(24)26-13/h1,4-7H,2-3,8H2,(H,22,23). The smallest absolute Gasteiger partial charge is 0.359 e. The third-order valence-corrected chi connectivity index (χ3v) is 5.32. The maximum absolute atomic E-state index is 13.7. The summed E-state index contributed by atoms with van der Waals surface area (Å²) < 4.78 is 53.6. The van der Waals surface area contributed by atoms with Crippen molar-refractivity contribution in [1.29, 1.82) is 0 Å². The number of hydrogen-bond acceptors (Lipinski definition) is 5. The molecule has 2 heterocycles. The van der Waals surface area contributed by atoms with E-state index < -0.39 is 23.0 Å². The summed E-state index contributed by atoms with van der Waals surface area (Å²) in [5.41, 5.74) is -1.57. The Morgan fingerprint density at radius 1 is 1.27 bits per heavy atom. The van der Waals surface area contributed by atoms with Gasteiger partial charge in [-0.05, 0) is 36.6 Å². The summed E-state index contributed by atoms with van der Waals surface area (Å²) in [4.78, 5) is 16.1. The van der Waals surface area contributed by atoms with Crippen molar-refractivity contribution in [1.82, 2.24) is 14.6 Å². The molecule has 1 aromatic carbocycles. The molecule has 0 unspecified atom stereocenters. The number of aromatic nitrogens is 3. The van der Waals surface area contributed by atoms with Crippen LogP contribution < -0.4 is 10.9 Å². The van der Waals surface area contributed by atoms with E-state index in [0.29, 0.717) is 41.1 Å². The van der Waals surface area contributed by atoms with E-state index in [4.69, 9.17) is 0 Å². The molecular formula is C16H12F4N4OS. The van der Waals surface area contributed by atoms with E-state index in [1.54, 1.807) is 0 Å². The summed E-state index contributed by atoms with van der Waals surface area (Å²) in [6.07, 6.45) is -1.93. The van der Waals surface area contributed by atoms with Crippen LogP contribution in [-0.4, -0.2) is 21.1 Å². The van der Waals surface area contributed by atoms with Gasteiger partial charge < -0.3 is 5.32 Å². The highest BCUT2D eigenvalue weighted by Crippen LogP contribution is 2.49. The average Bonchev–Trinajstić information content (AvgIpc) is 3.24.